The third-order valence-corrected chi connectivity index (χ3v) is 3.11. The highest BCUT2D eigenvalue weighted by Crippen LogP contribution is 2.19. The number of aromatic nitrogens is 1. The summed E-state index contributed by atoms with van der Waals surface area (Å²) in [7, 11) is 0. The van der Waals surface area contributed by atoms with Crippen LogP contribution >= 0.6 is 11.6 Å². The summed E-state index contributed by atoms with van der Waals surface area (Å²) in [4.78, 5) is 27.2. The van der Waals surface area contributed by atoms with Crippen LogP contribution in [0.3, 0.4) is 0 Å². The molecule has 0 aliphatic heterocycles. The van der Waals surface area contributed by atoms with Gasteiger partial charge in [0.1, 0.15) is 0 Å². The maximum Gasteiger partial charge on any atom is 0.347 e. The van der Waals surface area contributed by atoms with Crippen LogP contribution < -0.4 is 5.63 Å². The highest BCUT2D eigenvalue weighted by molar-refractivity contribution is 6.67. The predicted octanol–water partition coefficient (Wildman–Crippen LogP) is 3.23. The van der Waals surface area contributed by atoms with Crippen LogP contribution in [0.25, 0.3) is 22.4 Å². The van der Waals surface area contributed by atoms with Crippen LogP contribution in [0.4, 0.5) is 0 Å². The Balaban J connectivity index is 2.14. The fourth-order valence-electron chi connectivity index (χ4n) is 1.89. The van der Waals surface area contributed by atoms with E-state index >= 15 is 0 Å². The highest BCUT2D eigenvalue weighted by atomic mass is 35.5. The zero-order valence-corrected chi connectivity index (χ0v) is 10.9. The van der Waals surface area contributed by atoms with Crippen molar-refractivity contribution in [3.05, 3.63) is 64.5 Å². The number of carbonyl (C=O) groups excluding carboxylic acids is 1. The van der Waals surface area contributed by atoms with E-state index < -0.39 is 10.9 Å². The smallest absolute Gasteiger partial charge is 0.347 e. The van der Waals surface area contributed by atoms with Gasteiger partial charge in [-0.2, -0.15) is 0 Å². The number of halogens is 1. The Bertz CT molecular complexity index is 853. The normalized spacial score (nSPS) is 10.7. The number of fused-ring (bicyclic) bond motifs is 1. The first kappa shape index (κ1) is 12.6. The van der Waals surface area contributed by atoms with Gasteiger partial charge < -0.3 is 4.42 Å². The summed E-state index contributed by atoms with van der Waals surface area (Å²) in [6.07, 6.45) is 0. The Morgan fingerprint density at radius 2 is 1.75 bits per heavy atom. The second-order valence-electron chi connectivity index (χ2n) is 4.17. The lowest BCUT2D eigenvalue weighted by molar-refractivity contribution is 0.108. The predicted molar refractivity (Wildman–Crippen MR) is 75.9 cm³/mol. The molecule has 98 valence electrons. The molecular formula is C15H8ClNO3. The lowest BCUT2D eigenvalue weighted by Gasteiger charge is -2.02. The Morgan fingerprint density at radius 1 is 1.05 bits per heavy atom. The van der Waals surface area contributed by atoms with E-state index in [1.54, 1.807) is 48.5 Å². The first-order chi connectivity index (χ1) is 9.65. The van der Waals surface area contributed by atoms with Crippen molar-refractivity contribution in [2.75, 3.05) is 0 Å². The van der Waals surface area contributed by atoms with Crippen molar-refractivity contribution in [1.29, 1.82) is 0 Å². The van der Waals surface area contributed by atoms with Gasteiger partial charge >= 0.3 is 5.63 Å². The van der Waals surface area contributed by atoms with E-state index in [0.29, 0.717) is 22.0 Å². The van der Waals surface area contributed by atoms with E-state index in [2.05, 4.69) is 4.98 Å². The van der Waals surface area contributed by atoms with Gasteiger partial charge in [0.2, 0.25) is 5.89 Å². The molecular weight excluding hydrogens is 278 g/mol. The average Bonchev–Trinajstić information content (AvgIpc) is 2.47. The second-order valence-corrected chi connectivity index (χ2v) is 4.52. The monoisotopic (exact) mass is 285 g/mol. The van der Waals surface area contributed by atoms with E-state index in [1.807, 2.05) is 0 Å². The van der Waals surface area contributed by atoms with Gasteiger partial charge in [-0.05, 0) is 48.0 Å². The Labute approximate surface area is 118 Å². The van der Waals surface area contributed by atoms with Crippen molar-refractivity contribution in [1.82, 2.24) is 4.98 Å². The third kappa shape index (κ3) is 2.21. The molecule has 3 rings (SSSR count). The molecule has 4 nitrogen and oxygen atoms in total. The van der Waals surface area contributed by atoms with Gasteiger partial charge in [-0.15, -0.1) is 0 Å². The zero-order chi connectivity index (χ0) is 14.1. The SMILES string of the molecule is O=C(Cl)c1ccc(-c2nc3ccccc3c(=O)o2)cc1. The summed E-state index contributed by atoms with van der Waals surface area (Å²) in [6, 6.07) is 13.3. The van der Waals surface area contributed by atoms with Gasteiger partial charge in [0, 0.05) is 11.1 Å². The molecule has 1 heterocycles. The molecule has 0 atom stereocenters. The molecule has 0 aliphatic carbocycles. The van der Waals surface area contributed by atoms with E-state index in [-0.39, 0.29) is 5.89 Å². The lowest BCUT2D eigenvalue weighted by Crippen LogP contribution is -2.02. The van der Waals surface area contributed by atoms with Crippen molar-refractivity contribution < 1.29 is 9.21 Å². The molecule has 0 amide bonds. The molecule has 20 heavy (non-hydrogen) atoms. The number of hydrogen-bond donors (Lipinski definition) is 0. The molecule has 0 aliphatic rings. The van der Waals surface area contributed by atoms with E-state index in [9.17, 15) is 9.59 Å². The first-order valence-electron chi connectivity index (χ1n) is 5.85. The van der Waals surface area contributed by atoms with Crippen LogP contribution in [0, 0.1) is 0 Å². The van der Waals surface area contributed by atoms with Crippen LogP contribution in [0.2, 0.25) is 0 Å². The first-order valence-corrected chi connectivity index (χ1v) is 6.23. The molecule has 3 aromatic rings. The van der Waals surface area contributed by atoms with Gasteiger partial charge in [-0.1, -0.05) is 12.1 Å². The van der Waals surface area contributed by atoms with Gasteiger partial charge in [0.05, 0.1) is 10.9 Å². The van der Waals surface area contributed by atoms with Gasteiger partial charge in [0.25, 0.3) is 5.24 Å². The van der Waals surface area contributed by atoms with Crippen LogP contribution in [0.5, 0.6) is 0 Å². The second kappa shape index (κ2) is 4.90. The molecule has 0 radical (unpaired) electrons. The Kier molecular flexibility index (Phi) is 3.08. The minimum Gasteiger partial charge on any atom is -0.403 e. The van der Waals surface area contributed by atoms with E-state index in [4.69, 9.17) is 16.0 Å². The summed E-state index contributed by atoms with van der Waals surface area (Å²) in [5, 5.41) is -0.103. The molecule has 0 saturated heterocycles. The topological polar surface area (TPSA) is 60.2 Å². The minimum atomic E-state index is -0.538. The number of para-hydroxylation sites is 1. The maximum absolute atomic E-state index is 11.9. The summed E-state index contributed by atoms with van der Waals surface area (Å²) in [6.45, 7) is 0. The molecule has 2 aromatic carbocycles. The third-order valence-electron chi connectivity index (χ3n) is 2.89. The quantitative estimate of drug-likeness (QED) is 0.678. The maximum atomic E-state index is 11.9. The molecule has 0 saturated carbocycles. The van der Waals surface area contributed by atoms with Crippen LogP contribution in [-0.2, 0) is 0 Å². The standard InChI is InChI=1S/C15H8ClNO3/c16-13(18)9-5-7-10(8-6-9)14-17-12-4-2-1-3-11(12)15(19)20-14/h1-8H. The molecule has 0 unspecified atom stereocenters. The molecule has 0 N–H and O–H groups in total. The van der Waals surface area contributed by atoms with Crippen LogP contribution in [0.15, 0.2) is 57.7 Å². The highest BCUT2D eigenvalue weighted by Gasteiger charge is 2.09. The summed E-state index contributed by atoms with van der Waals surface area (Å²) < 4.78 is 5.19. The fraction of sp³-hybridized carbons (Fsp3) is 0. The van der Waals surface area contributed by atoms with Gasteiger partial charge in [-0.3, -0.25) is 4.79 Å². The van der Waals surface area contributed by atoms with Crippen molar-refractivity contribution in [3.63, 3.8) is 0 Å². The molecule has 1 aromatic heterocycles. The van der Waals surface area contributed by atoms with Gasteiger partial charge in [-0.25, -0.2) is 9.78 Å². The van der Waals surface area contributed by atoms with Crippen LogP contribution in [-0.4, -0.2) is 10.2 Å². The van der Waals surface area contributed by atoms with Crippen molar-refractivity contribution in [3.8, 4) is 11.5 Å². The minimum absolute atomic E-state index is 0.210. The van der Waals surface area contributed by atoms with Gasteiger partial charge in [0.15, 0.2) is 0 Å². The fourth-order valence-corrected chi connectivity index (χ4v) is 2.01. The number of nitrogens with zero attached hydrogens (tertiary/aromatic N) is 1. The van der Waals surface area contributed by atoms with Crippen LogP contribution in [0.1, 0.15) is 10.4 Å². The number of hydrogen-bond acceptors (Lipinski definition) is 4. The van der Waals surface area contributed by atoms with Crippen molar-refractivity contribution >= 4 is 27.7 Å². The Morgan fingerprint density at radius 3 is 2.45 bits per heavy atom. The largest absolute Gasteiger partial charge is 0.403 e. The molecule has 0 spiro atoms. The van der Waals surface area contributed by atoms with E-state index in [1.165, 1.54) is 0 Å². The Hall–Kier alpha value is -2.46. The number of carbonyl (C=O) groups is 1. The summed E-state index contributed by atoms with van der Waals surface area (Å²) >= 11 is 5.38. The number of benzene rings is 2. The van der Waals surface area contributed by atoms with Crippen molar-refractivity contribution in [2.45, 2.75) is 0 Å². The molecule has 5 heteroatoms. The number of rotatable bonds is 2. The lowest BCUT2D eigenvalue weighted by atomic mass is 10.1. The molecule has 0 fully saturated rings. The molecule has 0 bridgehead atoms. The van der Waals surface area contributed by atoms with Crippen molar-refractivity contribution in [2.24, 2.45) is 0 Å². The summed E-state index contributed by atoms with van der Waals surface area (Å²) in [5.41, 5.74) is 1.10. The van der Waals surface area contributed by atoms with E-state index in [0.717, 1.165) is 0 Å². The average molecular weight is 286 g/mol. The summed E-state index contributed by atoms with van der Waals surface area (Å²) in [5.74, 6) is 0.210. The zero-order valence-electron chi connectivity index (χ0n) is 10.2.